The molecule has 6 heavy (non-hydrogen) atoms. The van der Waals surface area contributed by atoms with E-state index in [-0.39, 0.29) is 0 Å². The fourth-order valence-corrected chi connectivity index (χ4v) is 0.866. The van der Waals surface area contributed by atoms with Gasteiger partial charge >= 0.3 is 0 Å². The Morgan fingerprint density at radius 3 is 2.33 bits per heavy atom. The highest BCUT2D eigenvalue weighted by atomic mass is 32.2. The van der Waals surface area contributed by atoms with Gasteiger partial charge in [0.15, 0.2) is 0 Å². The van der Waals surface area contributed by atoms with Crippen LogP contribution in [-0.4, -0.2) is 17.7 Å². The lowest BCUT2D eigenvalue weighted by atomic mass is 10.6. The highest BCUT2D eigenvalue weighted by Gasteiger charge is 1.89. The molecule has 0 spiro atoms. The number of hydrogen-bond acceptors (Lipinski definition) is 1. The van der Waals surface area contributed by atoms with Crippen LogP contribution in [0.4, 0.5) is 0 Å². The molecule has 0 aliphatic rings. The molecule has 0 nitrogen and oxygen atoms in total. The van der Waals surface area contributed by atoms with Gasteiger partial charge in [-0.05, 0) is 12.4 Å². The Hall–Kier alpha value is 0.780. The Morgan fingerprint density at radius 1 is 1.83 bits per heavy atom. The van der Waals surface area contributed by atoms with Gasteiger partial charge in [-0.1, -0.05) is 6.92 Å². The van der Waals surface area contributed by atoms with Crippen LogP contribution in [0.25, 0.3) is 0 Å². The summed E-state index contributed by atoms with van der Waals surface area (Å²) in [6.45, 7) is 2.22. The molecule has 0 N–H and O–H groups in total. The molecule has 0 aliphatic heterocycles. The zero-order chi connectivity index (χ0) is 4.99. The zero-order valence-corrected chi connectivity index (χ0v) is 6.24. The zero-order valence-electron chi connectivity index (χ0n) is 4.27. The van der Waals surface area contributed by atoms with Crippen LogP contribution in [0.2, 0.25) is 0 Å². The minimum Gasteiger partial charge on any atom is -0.162 e. The summed E-state index contributed by atoms with van der Waals surface area (Å²) >= 11 is 1.90. The van der Waals surface area contributed by atoms with Crippen molar-refractivity contribution in [2.45, 2.75) is 12.2 Å². The van der Waals surface area contributed by atoms with Gasteiger partial charge in [0.1, 0.15) is 0 Å². The molecule has 0 radical (unpaired) electrons. The second-order valence-corrected chi connectivity index (χ2v) is 3.03. The molecule has 0 bridgehead atoms. The summed E-state index contributed by atoms with van der Waals surface area (Å²) in [5.41, 5.74) is 0. The summed E-state index contributed by atoms with van der Waals surface area (Å²) < 4.78 is 0. The molecule has 38 valence electrons. The van der Waals surface area contributed by atoms with Crippen molar-refractivity contribution in [2.24, 2.45) is 0 Å². The summed E-state index contributed by atoms with van der Waals surface area (Å²) in [7, 11) is 2.72. The molecule has 0 heterocycles. The molecule has 2 atom stereocenters. The quantitative estimate of drug-likeness (QED) is 0.501. The molecule has 0 aromatic rings. The fourth-order valence-electron chi connectivity index (χ4n) is 0.0962. The monoisotopic (exact) mass is 122 g/mol. The topological polar surface area (TPSA) is 0 Å². The van der Waals surface area contributed by atoms with Crippen molar-refractivity contribution in [3.05, 3.63) is 0 Å². The van der Waals surface area contributed by atoms with E-state index in [1.807, 2.05) is 11.8 Å². The second kappa shape index (κ2) is 3.95. The van der Waals surface area contributed by atoms with Gasteiger partial charge in [-0.3, -0.25) is 0 Å². The summed E-state index contributed by atoms with van der Waals surface area (Å²) in [5.74, 6) is 0. The number of thioether (sulfide) groups is 1. The number of hydrogen-bond donors (Lipinski definition) is 0. The van der Waals surface area contributed by atoms with Crippen molar-refractivity contribution in [2.75, 3.05) is 12.4 Å². The van der Waals surface area contributed by atoms with Gasteiger partial charge in [-0.15, -0.1) is 9.24 Å². The van der Waals surface area contributed by atoms with Gasteiger partial charge in [-0.2, -0.15) is 11.8 Å². The molecule has 0 aliphatic carbocycles. The minimum absolute atomic E-state index is 0.815. The summed E-state index contributed by atoms with van der Waals surface area (Å²) in [4.78, 5) is 0. The lowest BCUT2D eigenvalue weighted by molar-refractivity contribution is 1.14. The third-order valence-corrected chi connectivity index (χ3v) is 2.78. The van der Waals surface area contributed by atoms with Crippen LogP contribution in [-0.2, 0) is 0 Å². The third-order valence-electron chi connectivity index (χ3n) is 0.734. The van der Waals surface area contributed by atoms with E-state index >= 15 is 0 Å². The smallest absolute Gasteiger partial charge is 0.00504 e. The van der Waals surface area contributed by atoms with Crippen LogP contribution in [0.15, 0.2) is 0 Å². The van der Waals surface area contributed by atoms with Crippen LogP contribution >= 0.6 is 21.0 Å². The minimum atomic E-state index is 0.815. The Bertz CT molecular complexity index is 26.7. The van der Waals surface area contributed by atoms with E-state index in [0.29, 0.717) is 0 Å². The molecule has 0 aromatic heterocycles. The maximum Gasteiger partial charge on any atom is 0.00504 e. The van der Waals surface area contributed by atoms with Gasteiger partial charge < -0.3 is 0 Å². The van der Waals surface area contributed by atoms with Crippen LogP contribution < -0.4 is 0 Å². The first-order valence-electron chi connectivity index (χ1n) is 2.04. The van der Waals surface area contributed by atoms with E-state index in [2.05, 4.69) is 22.4 Å². The first-order valence-corrected chi connectivity index (χ1v) is 4.14. The second-order valence-electron chi connectivity index (χ2n) is 1.28. The molecule has 0 amide bonds. The molecule has 0 fully saturated rings. The SMILES string of the molecule is CSC(C)CP. The Morgan fingerprint density at radius 2 is 2.33 bits per heavy atom. The molecular weight excluding hydrogens is 111 g/mol. The van der Waals surface area contributed by atoms with Crippen LogP contribution in [0.3, 0.4) is 0 Å². The Kier molecular flexibility index (Phi) is 4.47. The van der Waals surface area contributed by atoms with E-state index in [9.17, 15) is 0 Å². The van der Waals surface area contributed by atoms with Gasteiger partial charge in [0.05, 0.1) is 0 Å². The van der Waals surface area contributed by atoms with Crippen molar-refractivity contribution >= 4 is 21.0 Å². The molecule has 2 unspecified atom stereocenters. The van der Waals surface area contributed by atoms with Crippen molar-refractivity contribution in [3.63, 3.8) is 0 Å². The summed E-state index contributed by atoms with van der Waals surface area (Å²) in [5, 5.41) is 0.815. The molecule has 2 heteroatoms. The van der Waals surface area contributed by atoms with Crippen molar-refractivity contribution in [3.8, 4) is 0 Å². The van der Waals surface area contributed by atoms with E-state index in [4.69, 9.17) is 0 Å². The van der Waals surface area contributed by atoms with Gasteiger partial charge in [0.25, 0.3) is 0 Å². The van der Waals surface area contributed by atoms with Gasteiger partial charge in [0.2, 0.25) is 0 Å². The average Bonchev–Trinajstić information content (AvgIpc) is 1.65. The Labute approximate surface area is 46.3 Å². The highest BCUT2D eigenvalue weighted by molar-refractivity contribution is 7.99. The third kappa shape index (κ3) is 2.99. The molecule has 0 saturated heterocycles. The van der Waals surface area contributed by atoms with E-state index < -0.39 is 0 Å². The van der Waals surface area contributed by atoms with Crippen LogP contribution in [0.1, 0.15) is 6.92 Å². The van der Waals surface area contributed by atoms with E-state index in [0.717, 1.165) is 5.25 Å². The molecule has 0 rings (SSSR count). The van der Waals surface area contributed by atoms with Gasteiger partial charge in [0, 0.05) is 5.25 Å². The number of rotatable bonds is 2. The van der Waals surface area contributed by atoms with Crippen LogP contribution in [0.5, 0.6) is 0 Å². The van der Waals surface area contributed by atoms with Crippen molar-refractivity contribution in [1.29, 1.82) is 0 Å². The predicted octanol–water partition coefficient (Wildman–Crippen LogP) is 1.61. The molecular formula is C4H11PS. The highest BCUT2D eigenvalue weighted by Crippen LogP contribution is 2.06. The average molecular weight is 122 g/mol. The van der Waals surface area contributed by atoms with Gasteiger partial charge in [-0.25, -0.2) is 0 Å². The fraction of sp³-hybridized carbons (Fsp3) is 1.00. The van der Waals surface area contributed by atoms with E-state index in [1.165, 1.54) is 6.16 Å². The summed E-state index contributed by atoms with van der Waals surface area (Å²) in [6.07, 6.45) is 3.34. The molecule has 0 saturated carbocycles. The van der Waals surface area contributed by atoms with Crippen LogP contribution in [0, 0.1) is 0 Å². The van der Waals surface area contributed by atoms with E-state index in [1.54, 1.807) is 0 Å². The lowest BCUT2D eigenvalue weighted by Gasteiger charge is -1.98. The van der Waals surface area contributed by atoms with Crippen molar-refractivity contribution in [1.82, 2.24) is 0 Å². The summed E-state index contributed by atoms with van der Waals surface area (Å²) in [6, 6.07) is 0. The predicted molar refractivity (Wildman–Crippen MR) is 37.6 cm³/mol. The largest absolute Gasteiger partial charge is 0.162 e. The first-order chi connectivity index (χ1) is 2.81. The molecule has 0 aromatic carbocycles. The lowest BCUT2D eigenvalue weighted by Crippen LogP contribution is -1.92. The van der Waals surface area contributed by atoms with Crippen molar-refractivity contribution < 1.29 is 0 Å². The Balaban J connectivity index is 2.75. The maximum atomic E-state index is 2.72. The normalized spacial score (nSPS) is 14.5. The first kappa shape index (κ1) is 6.78. The standard InChI is InChI=1S/C4H11PS/c1-4(3-5)6-2/h4H,3,5H2,1-2H3. The maximum absolute atomic E-state index is 2.72.